The molecule has 6 nitrogen and oxygen atoms in total. The second-order valence-corrected chi connectivity index (χ2v) is 9.47. The molecule has 0 aliphatic carbocycles. The summed E-state index contributed by atoms with van der Waals surface area (Å²) < 4.78 is 0. The number of guanidine groups is 1. The zero-order valence-corrected chi connectivity index (χ0v) is 22.6. The molecule has 176 valence electrons. The molecule has 0 bridgehead atoms. The lowest BCUT2D eigenvalue weighted by Crippen LogP contribution is -2.44. The Hall–Kier alpha value is -1.06. The number of hydrogen-bond donors (Lipinski definition) is 3. The van der Waals surface area contributed by atoms with Gasteiger partial charge in [-0.3, -0.25) is 14.7 Å². The van der Waals surface area contributed by atoms with Gasteiger partial charge in [0, 0.05) is 42.7 Å². The van der Waals surface area contributed by atoms with Crippen LogP contribution in [0.2, 0.25) is 5.02 Å². The van der Waals surface area contributed by atoms with Crippen molar-refractivity contribution in [3.8, 4) is 0 Å². The van der Waals surface area contributed by atoms with Gasteiger partial charge in [0.05, 0.1) is 0 Å². The molecular weight excluding hydrogens is 525 g/mol. The number of aliphatic imine (C=N–C) groups is 1. The van der Waals surface area contributed by atoms with Crippen LogP contribution in [0.15, 0.2) is 29.3 Å². The van der Waals surface area contributed by atoms with Crippen molar-refractivity contribution in [3.05, 3.63) is 34.9 Å². The van der Waals surface area contributed by atoms with Crippen LogP contribution in [0, 0.1) is 11.3 Å². The van der Waals surface area contributed by atoms with Crippen LogP contribution >= 0.6 is 35.6 Å². The van der Waals surface area contributed by atoms with Crippen molar-refractivity contribution in [2.75, 3.05) is 39.8 Å². The summed E-state index contributed by atoms with van der Waals surface area (Å²) in [6.45, 7) is 11.6. The molecule has 1 saturated heterocycles. The maximum atomic E-state index is 12.0. The van der Waals surface area contributed by atoms with Gasteiger partial charge in [-0.2, -0.15) is 0 Å². The fraction of sp³-hybridized carbons (Fsp3) is 0.652. The number of nitrogens with zero attached hydrogens (tertiary/aromatic N) is 2. The third-order valence-corrected chi connectivity index (χ3v) is 5.64. The van der Waals surface area contributed by atoms with E-state index in [0.29, 0.717) is 25.0 Å². The Morgan fingerprint density at radius 1 is 1.23 bits per heavy atom. The molecule has 1 aliphatic rings. The summed E-state index contributed by atoms with van der Waals surface area (Å²) in [5.74, 6) is 1.28. The zero-order valence-electron chi connectivity index (χ0n) is 19.5. The van der Waals surface area contributed by atoms with Crippen molar-refractivity contribution >= 4 is 47.4 Å². The van der Waals surface area contributed by atoms with E-state index in [1.165, 1.54) is 12.0 Å². The lowest BCUT2D eigenvalue weighted by atomic mass is 9.85. The standard InChI is InChI=1S/C23H38ClN5O.HI/c1-6-25-22(27-13-12-26-21(30)23(2,3)4)28-16-18-10-8-14-29(5)20(18)17-9-7-11-19(24)15-17;/h7,9,11,15,18,20H,6,8,10,12-14,16H2,1-5H3,(H,26,30)(H2,25,27,28);1H. The van der Waals surface area contributed by atoms with E-state index in [9.17, 15) is 4.79 Å². The van der Waals surface area contributed by atoms with Gasteiger partial charge in [-0.1, -0.05) is 44.5 Å². The summed E-state index contributed by atoms with van der Waals surface area (Å²) in [5.41, 5.74) is 0.883. The molecule has 1 aliphatic heterocycles. The van der Waals surface area contributed by atoms with Crippen molar-refractivity contribution in [1.82, 2.24) is 20.9 Å². The topological polar surface area (TPSA) is 68.8 Å². The summed E-state index contributed by atoms with van der Waals surface area (Å²) in [6, 6.07) is 8.50. The van der Waals surface area contributed by atoms with Gasteiger partial charge in [-0.05, 0) is 57.0 Å². The molecule has 0 saturated carbocycles. The third kappa shape index (κ3) is 9.14. The number of nitrogens with one attached hydrogen (secondary N) is 3. The minimum Gasteiger partial charge on any atom is -0.357 e. The molecule has 2 rings (SSSR count). The summed E-state index contributed by atoms with van der Waals surface area (Å²) in [5, 5.41) is 10.4. The normalized spacial score (nSPS) is 20.0. The van der Waals surface area contributed by atoms with Crippen molar-refractivity contribution in [2.24, 2.45) is 16.3 Å². The number of halogens is 2. The first-order valence-corrected chi connectivity index (χ1v) is 11.4. The fourth-order valence-electron chi connectivity index (χ4n) is 3.84. The van der Waals surface area contributed by atoms with E-state index in [0.717, 1.165) is 37.0 Å². The van der Waals surface area contributed by atoms with Crippen molar-refractivity contribution in [3.63, 3.8) is 0 Å². The predicted octanol–water partition coefficient (Wildman–Crippen LogP) is 4.06. The van der Waals surface area contributed by atoms with Crippen LogP contribution in [-0.2, 0) is 4.79 Å². The van der Waals surface area contributed by atoms with Crippen LogP contribution in [0.3, 0.4) is 0 Å². The number of amides is 1. The molecule has 1 amide bonds. The van der Waals surface area contributed by atoms with E-state index in [-0.39, 0.29) is 35.3 Å². The van der Waals surface area contributed by atoms with E-state index in [1.807, 2.05) is 32.9 Å². The Labute approximate surface area is 210 Å². The second kappa shape index (κ2) is 13.5. The number of carbonyl (C=O) groups excluding carboxylic acids is 1. The monoisotopic (exact) mass is 563 g/mol. The summed E-state index contributed by atoms with van der Waals surface area (Å²) in [7, 11) is 2.18. The molecule has 31 heavy (non-hydrogen) atoms. The Bertz CT molecular complexity index is 722. The number of hydrogen-bond acceptors (Lipinski definition) is 3. The zero-order chi connectivity index (χ0) is 22.1. The van der Waals surface area contributed by atoms with Gasteiger partial charge >= 0.3 is 0 Å². The molecule has 0 radical (unpaired) electrons. The van der Waals surface area contributed by atoms with Gasteiger partial charge < -0.3 is 16.0 Å². The van der Waals surface area contributed by atoms with E-state index in [4.69, 9.17) is 16.6 Å². The van der Waals surface area contributed by atoms with Gasteiger partial charge in [-0.25, -0.2) is 0 Å². The lowest BCUT2D eigenvalue weighted by molar-refractivity contribution is -0.128. The molecule has 1 aromatic rings. The predicted molar refractivity (Wildman–Crippen MR) is 141 cm³/mol. The van der Waals surface area contributed by atoms with Crippen LogP contribution in [0.25, 0.3) is 0 Å². The van der Waals surface area contributed by atoms with Gasteiger partial charge in [0.2, 0.25) is 5.91 Å². The van der Waals surface area contributed by atoms with Crippen molar-refractivity contribution < 1.29 is 4.79 Å². The maximum Gasteiger partial charge on any atom is 0.225 e. The highest BCUT2D eigenvalue weighted by Gasteiger charge is 2.30. The first-order chi connectivity index (χ1) is 14.2. The Balaban J connectivity index is 0.00000480. The molecule has 2 unspecified atom stereocenters. The minimum absolute atomic E-state index is 0. The van der Waals surface area contributed by atoms with Gasteiger partial charge in [0.25, 0.3) is 0 Å². The third-order valence-electron chi connectivity index (χ3n) is 5.41. The highest BCUT2D eigenvalue weighted by molar-refractivity contribution is 14.0. The molecule has 3 N–H and O–H groups in total. The molecular formula is C23H39ClIN5O. The lowest BCUT2D eigenvalue weighted by Gasteiger charge is -2.39. The number of carbonyl (C=O) groups is 1. The average molecular weight is 564 g/mol. The van der Waals surface area contributed by atoms with Crippen molar-refractivity contribution in [2.45, 2.75) is 46.6 Å². The first-order valence-electron chi connectivity index (χ1n) is 11.0. The molecule has 0 aromatic heterocycles. The number of piperidine rings is 1. The summed E-state index contributed by atoms with van der Waals surface area (Å²) in [6.07, 6.45) is 2.32. The van der Waals surface area contributed by atoms with Gasteiger partial charge in [-0.15, -0.1) is 24.0 Å². The average Bonchev–Trinajstić information content (AvgIpc) is 2.68. The van der Waals surface area contributed by atoms with E-state index in [2.05, 4.69) is 47.0 Å². The maximum absolute atomic E-state index is 12.0. The SMILES string of the molecule is CCNC(=NCC1CCCN(C)C1c1cccc(Cl)c1)NCCNC(=O)C(C)(C)C.I. The Kier molecular flexibility index (Phi) is 12.2. The largest absolute Gasteiger partial charge is 0.357 e. The summed E-state index contributed by atoms with van der Waals surface area (Å²) in [4.78, 5) is 19.3. The summed E-state index contributed by atoms with van der Waals surface area (Å²) >= 11 is 6.25. The molecule has 1 fully saturated rings. The van der Waals surface area contributed by atoms with E-state index >= 15 is 0 Å². The number of likely N-dealkylation sites (tertiary alicyclic amines) is 1. The highest BCUT2D eigenvalue weighted by Crippen LogP contribution is 2.36. The van der Waals surface area contributed by atoms with Gasteiger partial charge in [0.1, 0.15) is 0 Å². The highest BCUT2D eigenvalue weighted by atomic mass is 127. The van der Waals surface area contributed by atoms with Crippen LogP contribution in [0.4, 0.5) is 0 Å². The van der Waals surface area contributed by atoms with Crippen LogP contribution < -0.4 is 16.0 Å². The Morgan fingerprint density at radius 3 is 2.58 bits per heavy atom. The molecule has 0 spiro atoms. The molecule has 2 atom stereocenters. The smallest absolute Gasteiger partial charge is 0.225 e. The molecule has 1 aromatic carbocycles. The van der Waals surface area contributed by atoms with E-state index < -0.39 is 0 Å². The quantitative estimate of drug-likeness (QED) is 0.203. The Morgan fingerprint density at radius 2 is 1.94 bits per heavy atom. The van der Waals surface area contributed by atoms with Crippen LogP contribution in [0.1, 0.15) is 52.1 Å². The minimum atomic E-state index is -0.374. The van der Waals surface area contributed by atoms with Crippen LogP contribution in [0.5, 0.6) is 0 Å². The van der Waals surface area contributed by atoms with Crippen LogP contribution in [-0.4, -0.2) is 56.5 Å². The molecule has 1 heterocycles. The van der Waals surface area contributed by atoms with Crippen molar-refractivity contribution in [1.29, 1.82) is 0 Å². The fourth-order valence-corrected chi connectivity index (χ4v) is 4.04. The second-order valence-electron chi connectivity index (χ2n) is 9.04. The molecule has 8 heteroatoms. The number of benzene rings is 1. The van der Waals surface area contributed by atoms with Gasteiger partial charge in [0.15, 0.2) is 5.96 Å². The van der Waals surface area contributed by atoms with E-state index in [1.54, 1.807) is 0 Å². The first kappa shape index (κ1) is 28.0. The number of rotatable bonds is 7.